The summed E-state index contributed by atoms with van der Waals surface area (Å²) in [6.45, 7) is 1.81. The van der Waals surface area contributed by atoms with E-state index < -0.39 is 11.7 Å². The van der Waals surface area contributed by atoms with Crippen LogP contribution in [0.5, 0.6) is 0 Å². The molecule has 1 rings (SSSR count). The van der Waals surface area contributed by atoms with Crippen LogP contribution < -0.4 is 4.90 Å². The molecule has 1 heterocycles. The van der Waals surface area contributed by atoms with Crippen LogP contribution in [0.2, 0.25) is 0 Å². The maximum atomic E-state index is 12.3. The van der Waals surface area contributed by atoms with Crippen LogP contribution in [0.4, 0.5) is 19.0 Å². The molecule has 0 fully saturated rings. The Kier molecular flexibility index (Phi) is 3.94. The molecule has 0 radical (unpaired) electrons. The summed E-state index contributed by atoms with van der Waals surface area (Å²) in [7, 11) is 1.69. The first-order valence-corrected chi connectivity index (χ1v) is 4.99. The first kappa shape index (κ1) is 13.3. The van der Waals surface area contributed by atoms with E-state index in [0.717, 1.165) is 12.3 Å². The number of pyridine rings is 1. The molecule has 1 aromatic rings. The van der Waals surface area contributed by atoms with E-state index in [0.29, 0.717) is 12.2 Å². The highest BCUT2D eigenvalue weighted by Crippen LogP contribution is 2.29. The average molecular weight is 243 g/mol. The molecule has 0 N–H and O–H groups in total. The Balaban J connectivity index is 2.85. The lowest BCUT2D eigenvalue weighted by molar-refractivity contribution is -0.137. The molecule has 0 amide bonds. The van der Waals surface area contributed by atoms with Crippen molar-refractivity contribution in [2.75, 3.05) is 11.9 Å². The zero-order valence-electron chi connectivity index (χ0n) is 9.49. The van der Waals surface area contributed by atoms with Crippen molar-refractivity contribution in [2.24, 2.45) is 0 Å². The van der Waals surface area contributed by atoms with Crippen molar-refractivity contribution in [3.8, 4) is 6.07 Å². The maximum absolute atomic E-state index is 12.3. The molecule has 0 aliphatic heterocycles. The molecule has 0 bridgehead atoms. The lowest BCUT2D eigenvalue weighted by atomic mass is 10.2. The van der Waals surface area contributed by atoms with Gasteiger partial charge in [0.2, 0.25) is 0 Å². The Bertz CT molecular complexity index is 405. The van der Waals surface area contributed by atoms with Gasteiger partial charge in [0.25, 0.3) is 0 Å². The van der Waals surface area contributed by atoms with Gasteiger partial charge in [0.05, 0.1) is 18.1 Å². The van der Waals surface area contributed by atoms with Crippen LogP contribution in [0.1, 0.15) is 18.9 Å². The zero-order chi connectivity index (χ0) is 13.1. The minimum absolute atomic E-state index is 0.0933. The first-order chi connectivity index (χ1) is 7.86. The standard InChI is InChI=1S/C11H12F3N3/c1-8(5-6-15)17(2)10-4-3-9(7-16-10)11(12,13)14/h3-4,7-8H,5H2,1-2H3. The van der Waals surface area contributed by atoms with Crippen molar-refractivity contribution in [3.05, 3.63) is 23.9 Å². The van der Waals surface area contributed by atoms with Gasteiger partial charge in [0.1, 0.15) is 5.82 Å². The van der Waals surface area contributed by atoms with Gasteiger partial charge in [-0.2, -0.15) is 18.4 Å². The fraction of sp³-hybridized carbons (Fsp3) is 0.455. The summed E-state index contributed by atoms with van der Waals surface area (Å²) in [5.74, 6) is 0.417. The van der Waals surface area contributed by atoms with Crippen molar-refractivity contribution in [3.63, 3.8) is 0 Å². The van der Waals surface area contributed by atoms with Crippen LogP contribution in [-0.4, -0.2) is 18.1 Å². The molecular weight excluding hydrogens is 231 g/mol. The van der Waals surface area contributed by atoms with Gasteiger partial charge in [-0.3, -0.25) is 0 Å². The Morgan fingerprint density at radius 3 is 2.53 bits per heavy atom. The topological polar surface area (TPSA) is 39.9 Å². The van der Waals surface area contributed by atoms with E-state index in [9.17, 15) is 13.2 Å². The summed E-state index contributed by atoms with van der Waals surface area (Å²) in [5.41, 5.74) is -0.775. The molecular formula is C11H12F3N3. The number of anilines is 1. The molecule has 0 aromatic carbocycles. The summed E-state index contributed by atoms with van der Waals surface area (Å²) in [5, 5.41) is 8.54. The number of alkyl halides is 3. The lowest BCUT2D eigenvalue weighted by Crippen LogP contribution is -2.29. The van der Waals surface area contributed by atoms with Crippen LogP contribution in [0.3, 0.4) is 0 Å². The molecule has 0 saturated heterocycles. The van der Waals surface area contributed by atoms with E-state index in [1.165, 1.54) is 6.07 Å². The fourth-order valence-electron chi connectivity index (χ4n) is 1.26. The highest BCUT2D eigenvalue weighted by atomic mass is 19.4. The van der Waals surface area contributed by atoms with Gasteiger partial charge in [-0.1, -0.05) is 0 Å². The van der Waals surface area contributed by atoms with E-state index in [1.54, 1.807) is 11.9 Å². The van der Waals surface area contributed by atoms with Gasteiger partial charge in [0, 0.05) is 19.3 Å². The highest BCUT2D eigenvalue weighted by molar-refractivity contribution is 5.40. The second-order valence-electron chi connectivity index (χ2n) is 3.72. The molecule has 0 saturated carbocycles. The molecule has 0 aliphatic rings. The van der Waals surface area contributed by atoms with Crippen molar-refractivity contribution >= 4 is 5.82 Å². The van der Waals surface area contributed by atoms with Gasteiger partial charge < -0.3 is 4.90 Å². The third-order valence-corrected chi connectivity index (χ3v) is 2.48. The normalized spacial score (nSPS) is 12.9. The third-order valence-electron chi connectivity index (χ3n) is 2.48. The predicted molar refractivity (Wildman–Crippen MR) is 57.3 cm³/mol. The number of aromatic nitrogens is 1. The molecule has 17 heavy (non-hydrogen) atoms. The van der Waals surface area contributed by atoms with E-state index in [1.807, 2.05) is 13.0 Å². The summed E-state index contributed by atoms with van der Waals surface area (Å²) in [6, 6.07) is 4.20. The predicted octanol–water partition coefficient (Wildman–Crippen LogP) is 2.84. The molecule has 1 unspecified atom stereocenters. The average Bonchev–Trinajstić information content (AvgIpc) is 2.27. The maximum Gasteiger partial charge on any atom is 0.417 e. The smallest absolute Gasteiger partial charge is 0.356 e. The second kappa shape index (κ2) is 5.04. The Morgan fingerprint density at radius 2 is 2.12 bits per heavy atom. The minimum atomic E-state index is -4.37. The van der Waals surface area contributed by atoms with Gasteiger partial charge in [-0.05, 0) is 19.1 Å². The van der Waals surface area contributed by atoms with E-state index in [2.05, 4.69) is 4.98 Å². The molecule has 6 heteroatoms. The number of rotatable bonds is 3. The molecule has 92 valence electrons. The fourth-order valence-corrected chi connectivity index (χ4v) is 1.26. The number of hydrogen-bond acceptors (Lipinski definition) is 3. The zero-order valence-corrected chi connectivity index (χ0v) is 9.49. The molecule has 0 spiro atoms. The molecule has 0 aliphatic carbocycles. The monoisotopic (exact) mass is 243 g/mol. The van der Waals surface area contributed by atoms with Gasteiger partial charge >= 0.3 is 6.18 Å². The van der Waals surface area contributed by atoms with Crippen molar-refractivity contribution in [1.29, 1.82) is 5.26 Å². The lowest BCUT2D eigenvalue weighted by Gasteiger charge is -2.24. The number of hydrogen-bond donors (Lipinski definition) is 0. The number of nitrogens with zero attached hydrogens (tertiary/aromatic N) is 3. The first-order valence-electron chi connectivity index (χ1n) is 4.99. The van der Waals surface area contributed by atoms with Gasteiger partial charge in [-0.25, -0.2) is 4.98 Å². The Hall–Kier alpha value is -1.77. The quantitative estimate of drug-likeness (QED) is 0.819. The van der Waals surface area contributed by atoms with Crippen LogP contribution in [0.15, 0.2) is 18.3 Å². The summed E-state index contributed by atoms with van der Waals surface area (Å²) < 4.78 is 36.9. The van der Waals surface area contributed by atoms with Gasteiger partial charge in [0.15, 0.2) is 0 Å². The summed E-state index contributed by atoms with van der Waals surface area (Å²) in [4.78, 5) is 5.41. The van der Waals surface area contributed by atoms with E-state index in [-0.39, 0.29) is 6.04 Å². The number of nitriles is 1. The van der Waals surface area contributed by atoms with Crippen molar-refractivity contribution < 1.29 is 13.2 Å². The van der Waals surface area contributed by atoms with Crippen molar-refractivity contribution in [2.45, 2.75) is 25.6 Å². The second-order valence-corrected chi connectivity index (χ2v) is 3.72. The van der Waals surface area contributed by atoms with Gasteiger partial charge in [-0.15, -0.1) is 0 Å². The minimum Gasteiger partial charge on any atom is -0.356 e. The van der Waals surface area contributed by atoms with Crippen LogP contribution >= 0.6 is 0 Å². The SMILES string of the molecule is CC(CC#N)N(C)c1ccc(C(F)(F)F)cn1. The molecule has 1 atom stereocenters. The van der Waals surface area contributed by atoms with E-state index >= 15 is 0 Å². The van der Waals surface area contributed by atoms with Crippen LogP contribution in [-0.2, 0) is 6.18 Å². The highest BCUT2D eigenvalue weighted by Gasteiger charge is 2.30. The molecule has 1 aromatic heterocycles. The summed E-state index contributed by atoms with van der Waals surface area (Å²) >= 11 is 0. The Labute approximate surface area is 97.5 Å². The molecule has 3 nitrogen and oxygen atoms in total. The summed E-state index contributed by atoms with van der Waals surface area (Å²) in [6.07, 6.45) is -3.29. The third kappa shape index (κ3) is 3.34. The van der Waals surface area contributed by atoms with Crippen LogP contribution in [0.25, 0.3) is 0 Å². The number of halogens is 3. The van der Waals surface area contributed by atoms with Crippen LogP contribution in [0, 0.1) is 11.3 Å². The van der Waals surface area contributed by atoms with E-state index in [4.69, 9.17) is 5.26 Å². The largest absolute Gasteiger partial charge is 0.417 e. The Morgan fingerprint density at radius 1 is 1.47 bits per heavy atom. The van der Waals surface area contributed by atoms with Crippen molar-refractivity contribution in [1.82, 2.24) is 4.98 Å².